The van der Waals surface area contributed by atoms with Crippen molar-refractivity contribution in [3.63, 3.8) is 0 Å². The van der Waals surface area contributed by atoms with Gasteiger partial charge in [0.05, 0.1) is 18.8 Å². The Morgan fingerprint density at radius 2 is 1.89 bits per heavy atom. The highest BCUT2D eigenvalue weighted by Crippen LogP contribution is 2.29. The van der Waals surface area contributed by atoms with Crippen LogP contribution < -0.4 is 21.3 Å². The van der Waals surface area contributed by atoms with Crippen LogP contribution in [0.1, 0.15) is 31.8 Å². The van der Waals surface area contributed by atoms with Crippen molar-refractivity contribution >= 4 is 40.2 Å². The number of carbonyl (C=O) groups excluding carboxylic acids is 2. The van der Waals surface area contributed by atoms with Gasteiger partial charge in [-0.15, -0.1) is 0 Å². The number of amides is 2. The molecule has 1 saturated heterocycles. The molecule has 3 heterocycles. The van der Waals surface area contributed by atoms with Crippen molar-refractivity contribution in [2.75, 3.05) is 41.8 Å². The summed E-state index contributed by atoms with van der Waals surface area (Å²) in [5.74, 6) is -0.983. The second-order valence-electron chi connectivity index (χ2n) is 8.84. The molecular weight excluding hydrogens is 477 g/mol. The van der Waals surface area contributed by atoms with E-state index in [2.05, 4.69) is 20.7 Å². The highest BCUT2D eigenvalue weighted by molar-refractivity contribution is 6.05. The lowest BCUT2D eigenvalue weighted by atomic mass is 10.1. The van der Waals surface area contributed by atoms with Crippen molar-refractivity contribution < 1.29 is 18.7 Å². The molecule has 0 spiro atoms. The number of ether oxygens (including phenoxy) is 1. The number of halogens is 1. The minimum atomic E-state index is -0.552. The Morgan fingerprint density at radius 3 is 2.65 bits per heavy atom. The third-order valence-corrected chi connectivity index (χ3v) is 6.36. The maximum absolute atomic E-state index is 14.4. The van der Waals surface area contributed by atoms with E-state index < -0.39 is 17.6 Å². The van der Waals surface area contributed by atoms with Crippen molar-refractivity contribution in [2.45, 2.75) is 13.8 Å². The summed E-state index contributed by atoms with van der Waals surface area (Å²) >= 11 is 0. The fourth-order valence-electron chi connectivity index (χ4n) is 4.38. The zero-order valence-electron chi connectivity index (χ0n) is 20.4. The van der Waals surface area contributed by atoms with Crippen molar-refractivity contribution in [1.29, 1.82) is 0 Å². The molecule has 2 aromatic carbocycles. The summed E-state index contributed by atoms with van der Waals surface area (Å²) in [6, 6.07) is 9.70. The van der Waals surface area contributed by atoms with Crippen LogP contribution in [-0.4, -0.2) is 52.7 Å². The fourth-order valence-corrected chi connectivity index (χ4v) is 4.38. The van der Waals surface area contributed by atoms with E-state index in [4.69, 9.17) is 10.5 Å². The van der Waals surface area contributed by atoms with Crippen LogP contribution in [0, 0.1) is 19.7 Å². The average Bonchev–Trinajstić information content (AvgIpc) is 3.24. The molecule has 0 aliphatic carbocycles. The smallest absolute Gasteiger partial charge is 0.255 e. The van der Waals surface area contributed by atoms with Crippen molar-refractivity contribution in [1.82, 2.24) is 14.6 Å². The van der Waals surface area contributed by atoms with E-state index in [-0.39, 0.29) is 5.56 Å². The van der Waals surface area contributed by atoms with Crippen LogP contribution in [0.5, 0.6) is 0 Å². The molecule has 0 saturated carbocycles. The number of hydrogen-bond acceptors (Lipinski definition) is 7. The van der Waals surface area contributed by atoms with E-state index in [1.54, 1.807) is 35.8 Å². The number of nitrogens with zero attached hydrogens (tertiary/aromatic N) is 4. The maximum atomic E-state index is 14.4. The normalized spacial score (nSPS) is 13.5. The quantitative estimate of drug-likeness (QED) is 0.368. The molecule has 1 aliphatic heterocycles. The number of benzene rings is 2. The predicted octanol–water partition coefficient (Wildman–Crippen LogP) is 3.42. The van der Waals surface area contributed by atoms with Crippen LogP contribution in [0.15, 0.2) is 48.9 Å². The van der Waals surface area contributed by atoms with Gasteiger partial charge in [-0.1, -0.05) is 6.07 Å². The van der Waals surface area contributed by atoms with Crippen LogP contribution in [0.3, 0.4) is 0 Å². The molecule has 1 fully saturated rings. The number of aryl methyl sites for hydroxylation is 2. The standard InChI is InChI=1S/C26H26FN7O3/c1-15-3-4-19(31-26(36)17-9-18(27)11-20(10-17)33-5-7-37-8-6-33)12-22(15)32-25-23-16(2)21(24(28)35)13-34(23)30-14-29-25/h3-4,9-14H,5-8H2,1-2H3,(H2,28,35)(H,31,36)(H,29,30,32). The summed E-state index contributed by atoms with van der Waals surface area (Å²) < 4.78 is 21.3. The molecule has 10 nitrogen and oxygen atoms in total. The Morgan fingerprint density at radius 1 is 1.11 bits per heavy atom. The van der Waals surface area contributed by atoms with Crippen LogP contribution >= 0.6 is 0 Å². The van der Waals surface area contributed by atoms with Crippen LogP contribution in [0.25, 0.3) is 5.52 Å². The molecular formula is C26H26FN7O3. The first-order valence-corrected chi connectivity index (χ1v) is 11.7. The van der Waals surface area contributed by atoms with E-state index in [0.29, 0.717) is 65.8 Å². The zero-order chi connectivity index (χ0) is 26.1. The van der Waals surface area contributed by atoms with E-state index in [1.165, 1.54) is 18.5 Å². The Balaban J connectivity index is 1.40. The lowest BCUT2D eigenvalue weighted by Gasteiger charge is -2.29. The molecule has 11 heteroatoms. The van der Waals surface area contributed by atoms with Gasteiger partial charge in [-0.3, -0.25) is 9.59 Å². The van der Waals surface area contributed by atoms with Gasteiger partial charge >= 0.3 is 0 Å². The average molecular weight is 504 g/mol. The molecule has 0 atom stereocenters. The summed E-state index contributed by atoms with van der Waals surface area (Å²) in [6.45, 7) is 6.07. The number of aromatic nitrogens is 3. The SMILES string of the molecule is Cc1ccc(NC(=O)c2cc(F)cc(N3CCOCC3)c2)cc1Nc1ncnn2cc(C(N)=O)c(C)c12. The summed E-state index contributed by atoms with van der Waals surface area (Å²) in [6.07, 6.45) is 2.93. The number of nitrogens with two attached hydrogens (primary N) is 1. The molecule has 5 rings (SSSR count). The minimum Gasteiger partial charge on any atom is -0.378 e. The van der Waals surface area contributed by atoms with Crippen LogP contribution in [-0.2, 0) is 4.74 Å². The number of carbonyl (C=O) groups is 2. The van der Waals surface area contributed by atoms with Gasteiger partial charge < -0.3 is 26.0 Å². The largest absolute Gasteiger partial charge is 0.378 e. The molecule has 4 N–H and O–H groups in total. The first-order valence-electron chi connectivity index (χ1n) is 11.7. The number of rotatable bonds is 6. The van der Waals surface area contributed by atoms with Crippen LogP contribution in [0.2, 0.25) is 0 Å². The summed E-state index contributed by atoms with van der Waals surface area (Å²) in [7, 11) is 0. The number of nitrogens with one attached hydrogen (secondary N) is 2. The zero-order valence-corrected chi connectivity index (χ0v) is 20.4. The Bertz CT molecular complexity index is 1510. The van der Waals surface area contributed by atoms with E-state index in [1.807, 2.05) is 17.9 Å². The van der Waals surface area contributed by atoms with Crippen molar-refractivity contribution in [2.24, 2.45) is 5.73 Å². The molecule has 37 heavy (non-hydrogen) atoms. The monoisotopic (exact) mass is 503 g/mol. The second kappa shape index (κ2) is 9.86. The van der Waals surface area contributed by atoms with E-state index in [9.17, 15) is 14.0 Å². The summed E-state index contributed by atoms with van der Waals surface area (Å²) in [4.78, 5) is 31.1. The summed E-state index contributed by atoms with van der Waals surface area (Å²) in [5, 5.41) is 10.3. The van der Waals surface area contributed by atoms with Gasteiger partial charge in [0.25, 0.3) is 11.8 Å². The first kappa shape index (κ1) is 24.2. The number of hydrogen-bond donors (Lipinski definition) is 3. The van der Waals surface area contributed by atoms with E-state index in [0.717, 1.165) is 5.56 Å². The van der Waals surface area contributed by atoms with Crippen molar-refractivity contribution in [3.05, 3.63) is 77.0 Å². The highest BCUT2D eigenvalue weighted by atomic mass is 19.1. The predicted molar refractivity (Wildman–Crippen MR) is 138 cm³/mol. The third-order valence-electron chi connectivity index (χ3n) is 6.36. The van der Waals surface area contributed by atoms with Crippen LogP contribution in [0.4, 0.5) is 27.3 Å². The molecule has 2 aromatic heterocycles. The number of anilines is 4. The fraction of sp³-hybridized carbons (Fsp3) is 0.231. The topological polar surface area (TPSA) is 127 Å². The molecule has 1 aliphatic rings. The Hall–Kier alpha value is -4.51. The minimum absolute atomic E-state index is 0.219. The molecule has 190 valence electrons. The first-order chi connectivity index (χ1) is 17.8. The Labute approximate surface area is 212 Å². The van der Waals surface area contributed by atoms with Gasteiger partial charge in [0.15, 0.2) is 5.82 Å². The molecule has 4 aromatic rings. The Kier molecular flexibility index (Phi) is 6.45. The molecule has 0 unspecified atom stereocenters. The van der Waals surface area contributed by atoms with Gasteiger partial charge in [-0.2, -0.15) is 5.10 Å². The van der Waals surface area contributed by atoms with Crippen molar-refractivity contribution in [3.8, 4) is 0 Å². The number of fused-ring (bicyclic) bond motifs is 1. The lowest BCUT2D eigenvalue weighted by molar-refractivity contribution is 0.0997. The summed E-state index contributed by atoms with van der Waals surface area (Å²) in [5.41, 5.74) is 10.1. The molecule has 0 radical (unpaired) electrons. The second-order valence-corrected chi connectivity index (χ2v) is 8.84. The molecule has 0 bridgehead atoms. The van der Waals surface area contributed by atoms with Gasteiger partial charge in [-0.25, -0.2) is 13.9 Å². The number of morpholine rings is 1. The molecule has 2 amide bonds. The van der Waals surface area contributed by atoms with Gasteiger partial charge in [0, 0.05) is 41.9 Å². The third kappa shape index (κ3) is 4.94. The maximum Gasteiger partial charge on any atom is 0.255 e. The van der Waals surface area contributed by atoms with Gasteiger partial charge in [-0.05, 0) is 55.3 Å². The highest BCUT2D eigenvalue weighted by Gasteiger charge is 2.18. The lowest BCUT2D eigenvalue weighted by Crippen LogP contribution is -2.36. The van der Waals surface area contributed by atoms with Gasteiger partial charge in [0.1, 0.15) is 17.7 Å². The van der Waals surface area contributed by atoms with E-state index >= 15 is 0 Å². The van der Waals surface area contributed by atoms with Gasteiger partial charge in [0.2, 0.25) is 0 Å². The number of primary amides is 1.